The van der Waals surface area contributed by atoms with Gasteiger partial charge in [-0.15, -0.1) is 0 Å². The first-order chi connectivity index (χ1) is 12.5. The highest BCUT2D eigenvalue weighted by Crippen LogP contribution is 2.25. The molecule has 1 heterocycles. The Morgan fingerprint density at radius 2 is 1.88 bits per heavy atom. The molecular weight excluding hydrogens is 340 g/mol. The number of unbranched alkanes of at least 4 members (excludes halogenated alkanes) is 3. The van der Waals surface area contributed by atoms with Gasteiger partial charge in [-0.2, -0.15) is 11.8 Å². The molecule has 0 fully saturated rings. The highest BCUT2D eigenvalue weighted by molar-refractivity contribution is 7.99. The molecule has 0 amide bonds. The number of thioether (sulfide) groups is 1. The van der Waals surface area contributed by atoms with Crippen LogP contribution >= 0.6 is 11.8 Å². The molecule has 0 bridgehead atoms. The molecule has 3 nitrogen and oxygen atoms in total. The van der Waals surface area contributed by atoms with Crippen LogP contribution in [0.3, 0.4) is 0 Å². The van der Waals surface area contributed by atoms with Crippen LogP contribution in [-0.2, 0) is 12.0 Å². The topological polar surface area (TPSA) is 27.1 Å². The Bertz CT molecular complexity index is 602. The van der Waals surface area contributed by atoms with E-state index in [2.05, 4.69) is 61.5 Å². The molecule has 0 saturated heterocycles. The summed E-state index contributed by atoms with van der Waals surface area (Å²) < 4.78 is 8.26. The fraction of sp³-hybridized carbons (Fsp3) is 0.591. The standard InChI is InChI=1S/C22H34N2OS/c1-5-6-7-8-15-26-21(16-24-14-13-23-18-24)17-25-20-11-9-19(10-12-20)22(2,3)4/h9-14,18,21H,5-8,15-17H2,1-4H3. The molecule has 144 valence electrons. The molecule has 2 aromatic rings. The molecule has 0 N–H and O–H groups in total. The summed E-state index contributed by atoms with van der Waals surface area (Å²) in [5, 5.41) is 0.438. The van der Waals surface area contributed by atoms with Crippen molar-refractivity contribution in [2.24, 2.45) is 0 Å². The highest BCUT2D eigenvalue weighted by atomic mass is 32.2. The largest absolute Gasteiger partial charge is 0.492 e. The zero-order chi connectivity index (χ0) is 18.8. The monoisotopic (exact) mass is 374 g/mol. The summed E-state index contributed by atoms with van der Waals surface area (Å²) in [5.74, 6) is 2.16. The van der Waals surface area contributed by atoms with Crippen molar-refractivity contribution in [3.05, 3.63) is 48.5 Å². The fourth-order valence-corrected chi connectivity index (χ4v) is 3.95. The van der Waals surface area contributed by atoms with Crippen molar-refractivity contribution < 1.29 is 4.74 Å². The summed E-state index contributed by atoms with van der Waals surface area (Å²) in [6, 6.07) is 8.55. The molecule has 4 heteroatoms. The second-order valence-electron chi connectivity index (χ2n) is 7.90. The minimum Gasteiger partial charge on any atom is -0.492 e. The maximum Gasteiger partial charge on any atom is 0.119 e. The SMILES string of the molecule is CCCCCCSC(COc1ccc(C(C)(C)C)cc1)Cn1ccnc1. The van der Waals surface area contributed by atoms with E-state index in [0.717, 1.165) is 18.9 Å². The van der Waals surface area contributed by atoms with Gasteiger partial charge in [0.05, 0.1) is 11.6 Å². The third-order valence-electron chi connectivity index (χ3n) is 4.48. The lowest BCUT2D eigenvalue weighted by Crippen LogP contribution is -2.21. The first kappa shape index (κ1) is 20.9. The van der Waals surface area contributed by atoms with Crippen LogP contribution in [0, 0.1) is 0 Å². The van der Waals surface area contributed by atoms with Gasteiger partial charge in [0.2, 0.25) is 0 Å². The van der Waals surface area contributed by atoms with Gasteiger partial charge in [0.25, 0.3) is 0 Å². The lowest BCUT2D eigenvalue weighted by atomic mass is 9.87. The number of hydrogen-bond donors (Lipinski definition) is 0. The average Bonchev–Trinajstić information content (AvgIpc) is 3.12. The average molecular weight is 375 g/mol. The van der Waals surface area contributed by atoms with E-state index in [4.69, 9.17) is 4.74 Å². The molecule has 0 radical (unpaired) electrons. The Labute approximate surface area is 163 Å². The van der Waals surface area contributed by atoms with Crippen molar-refractivity contribution in [3.8, 4) is 5.75 Å². The number of nitrogens with zero attached hydrogens (tertiary/aromatic N) is 2. The summed E-state index contributed by atoms with van der Waals surface area (Å²) in [4.78, 5) is 4.16. The lowest BCUT2D eigenvalue weighted by Gasteiger charge is -2.20. The van der Waals surface area contributed by atoms with E-state index >= 15 is 0 Å². The smallest absolute Gasteiger partial charge is 0.119 e. The number of ether oxygens (including phenoxy) is 1. The van der Waals surface area contributed by atoms with Crippen LogP contribution in [0.5, 0.6) is 5.75 Å². The van der Waals surface area contributed by atoms with E-state index in [-0.39, 0.29) is 5.41 Å². The summed E-state index contributed by atoms with van der Waals surface area (Å²) in [6.07, 6.45) is 11.0. The quantitative estimate of drug-likeness (QED) is 0.455. The van der Waals surface area contributed by atoms with Crippen LogP contribution in [0.15, 0.2) is 43.0 Å². The van der Waals surface area contributed by atoms with Gasteiger partial charge >= 0.3 is 0 Å². The molecule has 0 aliphatic heterocycles. The van der Waals surface area contributed by atoms with Crippen molar-refractivity contribution in [2.75, 3.05) is 12.4 Å². The second kappa shape index (κ2) is 10.7. The van der Waals surface area contributed by atoms with Crippen molar-refractivity contribution >= 4 is 11.8 Å². The zero-order valence-electron chi connectivity index (χ0n) is 16.8. The van der Waals surface area contributed by atoms with E-state index in [1.165, 1.54) is 37.0 Å². The molecule has 1 unspecified atom stereocenters. The first-order valence-electron chi connectivity index (χ1n) is 9.79. The summed E-state index contributed by atoms with van der Waals surface area (Å²) in [7, 11) is 0. The Kier molecular flexibility index (Phi) is 8.56. The van der Waals surface area contributed by atoms with Crippen LogP contribution in [-0.4, -0.2) is 27.2 Å². The number of hydrogen-bond acceptors (Lipinski definition) is 3. The maximum absolute atomic E-state index is 6.11. The predicted molar refractivity (Wildman–Crippen MR) is 113 cm³/mol. The van der Waals surface area contributed by atoms with Crippen LogP contribution in [0.1, 0.15) is 58.9 Å². The lowest BCUT2D eigenvalue weighted by molar-refractivity contribution is 0.307. The van der Waals surface area contributed by atoms with Gasteiger partial charge in [-0.3, -0.25) is 0 Å². The Hall–Kier alpha value is -1.42. The molecule has 0 aliphatic rings. The Balaban J connectivity index is 1.86. The summed E-state index contributed by atoms with van der Waals surface area (Å²) >= 11 is 2.02. The van der Waals surface area contributed by atoms with Gasteiger partial charge in [-0.05, 0) is 35.3 Å². The van der Waals surface area contributed by atoms with Gasteiger partial charge in [0.1, 0.15) is 12.4 Å². The van der Waals surface area contributed by atoms with Crippen molar-refractivity contribution in [2.45, 2.75) is 70.6 Å². The fourth-order valence-electron chi connectivity index (χ4n) is 2.80. The number of benzene rings is 1. The number of aromatic nitrogens is 2. The third-order valence-corrected chi connectivity index (χ3v) is 5.76. The van der Waals surface area contributed by atoms with Crippen LogP contribution in [0.25, 0.3) is 0 Å². The van der Waals surface area contributed by atoms with E-state index in [0.29, 0.717) is 5.25 Å². The molecule has 0 spiro atoms. The second-order valence-corrected chi connectivity index (χ2v) is 9.31. The van der Waals surface area contributed by atoms with Crippen LogP contribution in [0.4, 0.5) is 0 Å². The van der Waals surface area contributed by atoms with Crippen LogP contribution in [0.2, 0.25) is 0 Å². The molecule has 0 saturated carbocycles. The zero-order valence-corrected chi connectivity index (χ0v) is 17.6. The molecule has 1 aromatic heterocycles. The molecule has 2 rings (SSSR count). The van der Waals surface area contributed by atoms with E-state index < -0.39 is 0 Å². The Morgan fingerprint density at radius 1 is 1.12 bits per heavy atom. The third kappa shape index (κ3) is 7.45. The summed E-state index contributed by atoms with van der Waals surface area (Å²) in [5.41, 5.74) is 1.52. The van der Waals surface area contributed by atoms with E-state index in [1.807, 2.05) is 30.5 Å². The van der Waals surface area contributed by atoms with E-state index in [9.17, 15) is 0 Å². The number of rotatable bonds is 11. The molecule has 26 heavy (non-hydrogen) atoms. The Morgan fingerprint density at radius 3 is 2.50 bits per heavy atom. The maximum atomic E-state index is 6.11. The van der Waals surface area contributed by atoms with E-state index in [1.54, 1.807) is 0 Å². The minimum atomic E-state index is 0.177. The van der Waals surface area contributed by atoms with Crippen molar-refractivity contribution in [3.63, 3.8) is 0 Å². The van der Waals surface area contributed by atoms with Gasteiger partial charge in [-0.25, -0.2) is 4.98 Å². The predicted octanol–water partition coefficient (Wildman–Crippen LogP) is 5.94. The molecule has 0 aliphatic carbocycles. The van der Waals surface area contributed by atoms with Gasteiger partial charge in [0.15, 0.2) is 0 Å². The van der Waals surface area contributed by atoms with Crippen molar-refractivity contribution in [1.82, 2.24) is 9.55 Å². The number of imidazole rings is 1. The normalized spacial score (nSPS) is 12.9. The van der Waals surface area contributed by atoms with Gasteiger partial charge < -0.3 is 9.30 Å². The summed E-state index contributed by atoms with van der Waals surface area (Å²) in [6.45, 7) is 10.6. The van der Waals surface area contributed by atoms with Gasteiger partial charge in [0, 0.05) is 18.9 Å². The first-order valence-corrected chi connectivity index (χ1v) is 10.8. The van der Waals surface area contributed by atoms with Crippen molar-refractivity contribution in [1.29, 1.82) is 0 Å². The van der Waals surface area contributed by atoms with Crippen LogP contribution < -0.4 is 4.74 Å². The molecule has 1 aromatic carbocycles. The molecular formula is C22H34N2OS. The highest BCUT2D eigenvalue weighted by Gasteiger charge is 2.14. The minimum absolute atomic E-state index is 0.177. The van der Waals surface area contributed by atoms with Gasteiger partial charge in [-0.1, -0.05) is 59.1 Å². The molecule has 1 atom stereocenters.